The summed E-state index contributed by atoms with van der Waals surface area (Å²) in [6.45, 7) is -3.17. The Morgan fingerprint density at radius 1 is 1.53 bits per heavy atom. The number of likely N-dealkylation sites (N-methyl/N-ethyl adjacent to an activating group) is 1. The molecule has 1 aromatic carbocycles. The molecule has 15 heavy (non-hydrogen) atoms. The lowest BCUT2D eigenvalue weighted by atomic mass is 10.1. The Kier molecular flexibility index (Phi) is 1.74. The van der Waals surface area contributed by atoms with E-state index in [2.05, 4.69) is 5.32 Å². The first-order chi connectivity index (χ1) is 9.19. The zero-order valence-electron chi connectivity index (χ0n) is 13.5. The molecular weight excluding hydrogens is 190 g/mol. The fourth-order valence-corrected chi connectivity index (χ4v) is 1.60. The van der Waals surface area contributed by atoms with Gasteiger partial charge >= 0.3 is 0 Å². The molecule has 1 unspecified atom stereocenters. The van der Waals surface area contributed by atoms with Crippen molar-refractivity contribution in [2.75, 3.05) is 13.3 Å². The summed E-state index contributed by atoms with van der Waals surface area (Å²) in [7, 11) is 0. The summed E-state index contributed by atoms with van der Waals surface area (Å²) in [4.78, 5) is 0. The van der Waals surface area contributed by atoms with Crippen LogP contribution in [0.3, 0.4) is 0 Å². The quantitative estimate of drug-likeness (QED) is 0.827. The number of benzene rings is 1. The minimum absolute atomic E-state index is 0.203. The van der Waals surface area contributed by atoms with Gasteiger partial charge in [0.05, 0.1) is 0 Å². The molecule has 1 atom stereocenters. The molecule has 1 N–H and O–H groups in total. The van der Waals surface area contributed by atoms with Crippen molar-refractivity contribution in [2.45, 2.75) is 26.2 Å². The highest BCUT2D eigenvalue weighted by Crippen LogP contribution is 2.32. The first-order valence-electron chi connectivity index (χ1n) is 7.35. The molecular formula is C12H17NO2. The number of rotatable bonds is 4. The summed E-state index contributed by atoms with van der Waals surface area (Å²) in [5, 5.41) is 2.51. The second-order valence-electron chi connectivity index (χ2n) is 3.56. The van der Waals surface area contributed by atoms with Gasteiger partial charge in [0.25, 0.3) is 0 Å². The predicted octanol–water partition coefficient (Wildman–Crippen LogP) is 1.96. The molecule has 0 bridgehead atoms. The molecule has 1 aliphatic heterocycles. The molecule has 0 radical (unpaired) electrons. The first-order valence-corrected chi connectivity index (χ1v) is 4.85. The van der Waals surface area contributed by atoms with Gasteiger partial charge in [0.15, 0.2) is 11.5 Å². The van der Waals surface area contributed by atoms with Gasteiger partial charge in [-0.15, -0.1) is 0 Å². The maximum Gasteiger partial charge on any atom is 0.231 e. The van der Waals surface area contributed by atoms with Crippen LogP contribution in [-0.4, -0.2) is 19.3 Å². The van der Waals surface area contributed by atoms with Gasteiger partial charge in [-0.05, 0) is 37.5 Å². The lowest BCUT2D eigenvalue weighted by Crippen LogP contribution is -2.27. The molecule has 3 heteroatoms. The van der Waals surface area contributed by atoms with Gasteiger partial charge in [-0.25, -0.2) is 0 Å². The van der Waals surface area contributed by atoms with Gasteiger partial charge in [-0.1, -0.05) is 12.9 Å². The molecule has 1 aromatic rings. The SMILES string of the molecule is [2H]C([2H])([2H])C([2H])([2H])NC(C)Cc1ccc2c(c1)OCO2. The third kappa shape index (κ3) is 2.42. The molecule has 82 valence electrons. The summed E-state index contributed by atoms with van der Waals surface area (Å²) in [6, 6.07) is 5.15. The smallest absolute Gasteiger partial charge is 0.231 e. The minimum Gasteiger partial charge on any atom is -0.454 e. The number of hydrogen-bond donors (Lipinski definition) is 1. The van der Waals surface area contributed by atoms with Crippen molar-refractivity contribution >= 4 is 0 Å². The van der Waals surface area contributed by atoms with Crippen molar-refractivity contribution in [2.24, 2.45) is 0 Å². The van der Waals surface area contributed by atoms with Crippen molar-refractivity contribution in [3.8, 4) is 11.5 Å². The molecule has 1 aliphatic rings. The van der Waals surface area contributed by atoms with E-state index in [1.165, 1.54) is 0 Å². The minimum atomic E-state index is -2.70. The van der Waals surface area contributed by atoms with Gasteiger partial charge in [0.1, 0.15) is 0 Å². The number of fused-ring (bicyclic) bond motifs is 1. The van der Waals surface area contributed by atoms with Crippen LogP contribution in [-0.2, 0) is 6.42 Å². The molecule has 0 amide bonds. The van der Waals surface area contributed by atoms with Crippen LogP contribution in [0.5, 0.6) is 11.5 Å². The first kappa shape index (κ1) is 5.75. The molecule has 0 aromatic heterocycles. The summed E-state index contributed by atoms with van der Waals surface area (Å²) < 4.78 is 47.1. The van der Waals surface area contributed by atoms with Crippen molar-refractivity contribution < 1.29 is 16.3 Å². The van der Waals surface area contributed by atoms with Crippen LogP contribution in [0.2, 0.25) is 0 Å². The van der Waals surface area contributed by atoms with Crippen molar-refractivity contribution in [1.29, 1.82) is 0 Å². The molecule has 0 saturated carbocycles. The van der Waals surface area contributed by atoms with E-state index in [0.29, 0.717) is 17.9 Å². The van der Waals surface area contributed by atoms with Gasteiger partial charge in [0.2, 0.25) is 6.79 Å². The highest BCUT2D eigenvalue weighted by Gasteiger charge is 2.13. The largest absolute Gasteiger partial charge is 0.454 e. The van der Waals surface area contributed by atoms with E-state index in [1.54, 1.807) is 13.0 Å². The zero-order valence-corrected chi connectivity index (χ0v) is 8.54. The summed E-state index contributed by atoms with van der Waals surface area (Å²) in [6.07, 6.45) is 0.492. The fraction of sp³-hybridized carbons (Fsp3) is 0.500. The lowest BCUT2D eigenvalue weighted by Gasteiger charge is -2.12. The van der Waals surface area contributed by atoms with Crippen molar-refractivity contribution in [1.82, 2.24) is 5.32 Å². The predicted molar refractivity (Wildman–Crippen MR) is 59.4 cm³/mol. The van der Waals surface area contributed by atoms with E-state index in [4.69, 9.17) is 16.3 Å². The Morgan fingerprint density at radius 3 is 3.27 bits per heavy atom. The number of nitrogens with one attached hydrogen (secondary N) is 1. The molecule has 0 aliphatic carbocycles. The van der Waals surface area contributed by atoms with Crippen LogP contribution in [0.1, 0.15) is 26.2 Å². The Labute approximate surface area is 97.4 Å². The molecule has 0 fully saturated rings. The zero-order chi connectivity index (χ0) is 15.0. The van der Waals surface area contributed by atoms with E-state index in [0.717, 1.165) is 5.56 Å². The van der Waals surface area contributed by atoms with E-state index < -0.39 is 13.3 Å². The van der Waals surface area contributed by atoms with E-state index in [1.807, 2.05) is 12.1 Å². The standard InChI is InChI=1S/C12H17NO2/c1-3-13-9(2)6-10-4-5-11-12(7-10)15-8-14-11/h4-5,7,9,13H,3,6,8H2,1-2H3/i1D3,3D2. The highest BCUT2D eigenvalue weighted by atomic mass is 16.7. The molecule has 1 heterocycles. The maximum absolute atomic E-state index is 7.54. The van der Waals surface area contributed by atoms with Crippen LogP contribution in [0.4, 0.5) is 0 Å². The van der Waals surface area contributed by atoms with Crippen molar-refractivity contribution in [3.63, 3.8) is 0 Å². The maximum atomic E-state index is 7.54. The van der Waals surface area contributed by atoms with Crippen LogP contribution in [0.15, 0.2) is 18.2 Å². The molecule has 0 spiro atoms. The molecule has 3 nitrogen and oxygen atoms in total. The lowest BCUT2D eigenvalue weighted by molar-refractivity contribution is 0.174. The van der Waals surface area contributed by atoms with Crippen LogP contribution >= 0.6 is 0 Å². The Morgan fingerprint density at radius 2 is 2.40 bits per heavy atom. The molecule has 2 rings (SSSR count). The second kappa shape index (κ2) is 4.53. The van der Waals surface area contributed by atoms with Gasteiger partial charge in [-0.3, -0.25) is 0 Å². The third-order valence-corrected chi connectivity index (χ3v) is 2.30. The summed E-state index contributed by atoms with van der Waals surface area (Å²) in [5.74, 6) is 1.35. The van der Waals surface area contributed by atoms with Gasteiger partial charge in [-0.2, -0.15) is 0 Å². The van der Waals surface area contributed by atoms with Gasteiger partial charge < -0.3 is 14.8 Å². The average molecular weight is 212 g/mol. The van der Waals surface area contributed by atoms with E-state index >= 15 is 0 Å². The Hall–Kier alpha value is -1.22. The van der Waals surface area contributed by atoms with E-state index in [-0.39, 0.29) is 12.8 Å². The average Bonchev–Trinajstić information content (AvgIpc) is 2.73. The third-order valence-electron chi connectivity index (χ3n) is 2.30. The second-order valence-corrected chi connectivity index (χ2v) is 3.56. The van der Waals surface area contributed by atoms with Crippen molar-refractivity contribution in [3.05, 3.63) is 23.8 Å². The molecule has 0 saturated heterocycles. The number of ether oxygens (including phenoxy) is 2. The normalized spacial score (nSPS) is 22.1. The highest BCUT2D eigenvalue weighted by molar-refractivity contribution is 5.44. The topological polar surface area (TPSA) is 30.5 Å². The Balaban J connectivity index is 2.00. The monoisotopic (exact) mass is 212 g/mol. The van der Waals surface area contributed by atoms with Crippen LogP contribution in [0, 0.1) is 0 Å². The fourth-order valence-electron chi connectivity index (χ4n) is 1.60. The van der Waals surface area contributed by atoms with Crippen LogP contribution in [0.25, 0.3) is 0 Å². The van der Waals surface area contributed by atoms with E-state index in [9.17, 15) is 0 Å². The Bertz CT molecular complexity index is 489. The van der Waals surface area contributed by atoms with Gasteiger partial charge in [0, 0.05) is 12.9 Å². The summed E-state index contributed by atoms with van der Waals surface area (Å²) >= 11 is 0. The number of hydrogen-bond acceptors (Lipinski definition) is 3. The van der Waals surface area contributed by atoms with Crippen LogP contribution < -0.4 is 14.8 Å². The summed E-state index contributed by atoms with van der Waals surface area (Å²) in [5.41, 5.74) is 0.926.